The molecule has 0 unspecified atom stereocenters. The zero-order chi connectivity index (χ0) is 17.6. The molecule has 3 aromatic rings. The van der Waals surface area contributed by atoms with Crippen molar-refractivity contribution in [1.82, 2.24) is 14.8 Å². The lowest BCUT2D eigenvalue weighted by Crippen LogP contribution is -2.21. The Morgan fingerprint density at radius 2 is 2.04 bits per heavy atom. The summed E-state index contributed by atoms with van der Waals surface area (Å²) in [5, 5.41) is 7.26. The monoisotopic (exact) mass is 356 g/mol. The molecule has 0 fully saturated rings. The minimum Gasteiger partial charge on any atom is -0.484 e. The van der Waals surface area contributed by atoms with Gasteiger partial charge in [-0.25, -0.2) is 9.67 Å². The van der Waals surface area contributed by atoms with Gasteiger partial charge < -0.3 is 10.1 Å². The number of aromatic nitrogens is 3. The van der Waals surface area contributed by atoms with Gasteiger partial charge in [-0.15, -0.1) is 0 Å². The molecule has 0 saturated heterocycles. The van der Waals surface area contributed by atoms with E-state index in [2.05, 4.69) is 15.4 Å². The smallest absolute Gasteiger partial charge is 0.262 e. The molecule has 25 heavy (non-hydrogen) atoms. The molecule has 3 rings (SSSR count). The lowest BCUT2D eigenvalue weighted by Gasteiger charge is -2.12. The minimum atomic E-state index is -0.358. The number of carbonyl (C=O) groups excluding carboxylic acids is 2. The Kier molecular flexibility index (Phi) is 5.06. The highest BCUT2D eigenvalue weighted by molar-refractivity contribution is 6.31. The van der Waals surface area contributed by atoms with Crippen molar-refractivity contribution < 1.29 is 14.3 Å². The predicted molar refractivity (Wildman–Crippen MR) is 92.3 cm³/mol. The molecule has 0 bridgehead atoms. The maximum absolute atomic E-state index is 12.2. The number of ether oxygens (including phenoxy) is 1. The van der Waals surface area contributed by atoms with Crippen LogP contribution in [0.1, 0.15) is 10.4 Å². The summed E-state index contributed by atoms with van der Waals surface area (Å²) < 4.78 is 6.92. The largest absolute Gasteiger partial charge is 0.484 e. The summed E-state index contributed by atoms with van der Waals surface area (Å²) in [6, 6.07) is 11.5. The molecule has 0 spiro atoms. The van der Waals surface area contributed by atoms with Crippen LogP contribution in [0.2, 0.25) is 5.02 Å². The number of carbonyl (C=O) groups is 2. The van der Waals surface area contributed by atoms with Crippen LogP contribution in [0.25, 0.3) is 5.69 Å². The van der Waals surface area contributed by atoms with Crippen LogP contribution in [0.4, 0.5) is 5.69 Å². The average Bonchev–Trinajstić information content (AvgIpc) is 3.15. The van der Waals surface area contributed by atoms with Crippen molar-refractivity contribution in [3.05, 3.63) is 65.7 Å². The van der Waals surface area contributed by atoms with Gasteiger partial charge in [0.25, 0.3) is 5.91 Å². The van der Waals surface area contributed by atoms with Crippen LogP contribution in [-0.2, 0) is 4.79 Å². The molecule has 0 aliphatic rings. The number of rotatable bonds is 6. The van der Waals surface area contributed by atoms with Crippen LogP contribution < -0.4 is 10.1 Å². The Morgan fingerprint density at radius 3 is 2.72 bits per heavy atom. The zero-order valence-electron chi connectivity index (χ0n) is 12.9. The molecule has 8 heteroatoms. The minimum absolute atomic E-state index is 0.191. The third-order valence-corrected chi connectivity index (χ3v) is 3.52. The van der Waals surface area contributed by atoms with Crippen molar-refractivity contribution >= 4 is 29.5 Å². The topological polar surface area (TPSA) is 86.1 Å². The number of aldehydes is 1. The summed E-state index contributed by atoms with van der Waals surface area (Å²) in [7, 11) is 0. The van der Waals surface area contributed by atoms with E-state index in [4.69, 9.17) is 16.3 Å². The molecule has 1 N–H and O–H groups in total. The molecule has 2 aromatic carbocycles. The molecule has 7 nitrogen and oxygen atoms in total. The van der Waals surface area contributed by atoms with E-state index in [0.717, 1.165) is 6.29 Å². The molecule has 1 amide bonds. The van der Waals surface area contributed by atoms with Crippen LogP contribution >= 0.6 is 11.6 Å². The van der Waals surface area contributed by atoms with Gasteiger partial charge in [-0.1, -0.05) is 11.6 Å². The SMILES string of the molecule is O=Cc1ccc(OCC(=O)Nc2cc(Cl)ccc2-n2cncn2)cc1. The third kappa shape index (κ3) is 4.21. The second kappa shape index (κ2) is 7.59. The van der Waals surface area contributed by atoms with Gasteiger partial charge in [-0.2, -0.15) is 5.10 Å². The zero-order valence-corrected chi connectivity index (χ0v) is 13.7. The number of halogens is 1. The highest BCUT2D eigenvalue weighted by Gasteiger charge is 2.11. The van der Waals surface area contributed by atoms with E-state index in [0.29, 0.717) is 27.7 Å². The molecule has 0 saturated carbocycles. The molecule has 0 aliphatic heterocycles. The van der Waals surface area contributed by atoms with Crippen LogP contribution in [-0.4, -0.2) is 33.6 Å². The number of anilines is 1. The first-order chi connectivity index (χ1) is 12.2. The van der Waals surface area contributed by atoms with Gasteiger partial charge in [-0.3, -0.25) is 9.59 Å². The Balaban J connectivity index is 1.68. The van der Waals surface area contributed by atoms with Gasteiger partial charge in [0.05, 0.1) is 11.4 Å². The van der Waals surface area contributed by atoms with E-state index in [1.54, 1.807) is 42.5 Å². The second-order valence-corrected chi connectivity index (χ2v) is 5.46. The molecule has 0 aliphatic carbocycles. The summed E-state index contributed by atoms with van der Waals surface area (Å²) in [6.45, 7) is -0.191. The highest BCUT2D eigenvalue weighted by atomic mass is 35.5. The molecular formula is C17H13ClN4O3. The summed E-state index contributed by atoms with van der Waals surface area (Å²) in [5.74, 6) is 0.131. The fourth-order valence-corrected chi connectivity index (χ4v) is 2.29. The molecule has 0 atom stereocenters. The summed E-state index contributed by atoms with van der Waals surface area (Å²) in [5.41, 5.74) is 1.65. The van der Waals surface area contributed by atoms with Crippen molar-refractivity contribution in [2.75, 3.05) is 11.9 Å². The van der Waals surface area contributed by atoms with Gasteiger partial charge in [0.1, 0.15) is 24.7 Å². The molecule has 1 heterocycles. The average molecular weight is 357 g/mol. The van der Waals surface area contributed by atoms with Gasteiger partial charge in [0, 0.05) is 10.6 Å². The molecule has 126 valence electrons. The maximum Gasteiger partial charge on any atom is 0.262 e. The number of amides is 1. The number of benzene rings is 2. The van der Waals surface area contributed by atoms with Crippen molar-refractivity contribution in [3.8, 4) is 11.4 Å². The van der Waals surface area contributed by atoms with Crippen LogP contribution in [0.5, 0.6) is 5.75 Å². The predicted octanol–water partition coefficient (Wildman–Crippen LogP) is 2.75. The van der Waals surface area contributed by atoms with Crippen LogP contribution in [0, 0.1) is 0 Å². The number of nitrogens with zero attached hydrogens (tertiary/aromatic N) is 3. The Morgan fingerprint density at radius 1 is 1.24 bits per heavy atom. The van der Waals surface area contributed by atoms with Crippen LogP contribution in [0.15, 0.2) is 55.1 Å². The van der Waals surface area contributed by atoms with Crippen molar-refractivity contribution in [2.45, 2.75) is 0 Å². The lowest BCUT2D eigenvalue weighted by atomic mass is 10.2. The standard InChI is InChI=1S/C17H13ClN4O3/c18-13-3-6-16(22-11-19-10-20-22)15(7-13)21-17(24)9-25-14-4-1-12(8-23)2-5-14/h1-8,10-11H,9H2,(H,21,24). The van der Waals surface area contributed by atoms with E-state index >= 15 is 0 Å². The van der Waals surface area contributed by atoms with E-state index in [9.17, 15) is 9.59 Å². The Hall–Kier alpha value is -3.19. The quantitative estimate of drug-likeness (QED) is 0.686. The first-order valence-electron chi connectivity index (χ1n) is 7.28. The lowest BCUT2D eigenvalue weighted by molar-refractivity contribution is -0.118. The van der Waals surface area contributed by atoms with E-state index < -0.39 is 0 Å². The van der Waals surface area contributed by atoms with Crippen molar-refractivity contribution in [1.29, 1.82) is 0 Å². The van der Waals surface area contributed by atoms with Gasteiger partial charge in [-0.05, 0) is 42.5 Å². The maximum atomic E-state index is 12.2. The van der Waals surface area contributed by atoms with Gasteiger partial charge in [0.15, 0.2) is 6.61 Å². The Bertz CT molecular complexity index is 879. The Labute approximate surface area is 148 Å². The number of hydrogen-bond acceptors (Lipinski definition) is 5. The third-order valence-electron chi connectivity index (χ3n) is 3.28. The fourth-order valence-electron chi connectivity index (χ4n) is 2.12. The van der Waals surface area contributed by atoms with Crippen molar-refractivity contribution in [2.24, 2.45) is 0 Å². The molecule has 0 radical (unpaired) electrons. The first-order valence-corrected chi connectivity index (χ1v) is 7.66. The highest BCUT2D eigenvalue weighted by Crippen LogP contribution is 2.24. The summed E-state index contributed by atoms with van der Waals surface area (Å²) in [6.07, 6.45) is 3.65. The summed E-state index contributed by atoms with van der Waals surface area (Å²) >= 11 is 6.01. The molecular weight excluding hydrogens is 344 g/mol. The number of nitrogens with one attached hydrogen (secondary N) is 1. The first kappa shape index (κ1) is 16.7. The number of hydrogen-bond donors (Lipinski definition) is 1. The summed E-state index contributed by atoms with van der Waals surface area (Å²) in [4.78, 5) is 26.7. The van der Waals surface area contributed by atoms with E-state index in [1.165, 1.54) is 17.3 Å². The molecule has 1 aromatic heterocycles. The van der Waals surface area contributed by atoms with Gasteiger partial charge in [0.2, 0.25) is 0 Å². The van der Waals surface area contributed by atoms with E-state index in [1.807, 2.05) is 0 Å². The second-order valence-electron chi connectivity index (χ2n) is 5.03. The van der Waals surface area contributed by atoms with E-state index in [-0.39, 0.29) is 12.5 Å². The fraction of sp³-hybridized carbons (Fsp3) is 0.0588. The van der Waals surface area contributed by atoms with Gasteiger partial charge >= 0.3 is 0 Å². The van der Waals surface area contributed by atoms with Crippen molar-refractivity contribution in [3.63, 3.8) is 0 Å². The normalized spacial score (nSPS) is 10.3. The van der Waals surface area contributed by atoms with Crippen LogP contribution in [0.3, 0.4) is 0 Å².